The summed E-state index contributed by atoms with van der Waals surface area (Å²) in [4.78, 5) is 18.5. The molecule has 20 heavy (non-hydrogen) atoms. The van der Waals surface area contributed by atoms with Crippen LogP contribution in [0, 0.1) is 0 Å². The molecule has 0 fully saturated rings. The number of thioether (sulfide) groups is 1. The van der Waals surface area contributed by atoms with Gasteiger partial charge in [0.15, 0.2) is 0 Å². The Morgan fingerprint density at radius 2 is 1.85 bits per heavy atom. The SMILES string of the molecule is CC(C)N(C(=O)CSc1ccccn1)c1ccccc1. The van der Waals surface area contributed by atoms with E-state index in [1.165, 1.54) is 11.8 Å². The van der Waals surface area contributed by atoms with E-state index in [0.717, 1.165) is 10.7 Å². The average molecular weight is 286 g/mol. The van der Waals surface area contributed by atoms with Gasteiger partial charge in [0.2, 0.25) is 5.91 Å². The zero-order valence-electron chi connectivity index (χ0n) is 11.7. The van der Waals surface area contributed by atoms with Crippen LogP contribution in [0.15, 0.2) is 59.8 Å². The number of benzene rings is 1. The van der Waals surface area contributed by atoms with Crippen LogP contribution in [0.3, 0.4) is 0 Å². The number of pyridine rings is 1. The summed E-state index contributed by atoms with van der Waals surface area (Å²) in [5, 5.41) is 0.873. The molecular weight excluding hydrogens is 268 g/mol. The number of amides is 1. The van der Waals surface area contributed by atoms with Crippen LogP contribution >= 0.6 is 11.8 Å². The number of carbonyl (C=O) groups excluding carboxylic acids is 1. The number of hydrogen-bond donors (Lipinski definition) is 0. The fraction of sp³-hybridized carbons (Fsp3) is 0.250. The van der Waals surface area contributed by atoms with Gasteiger partial charge in [0.25, 0.3) is 0 Å². The number of aromatic nitrogens is 1. The quantitative estimate of drug-likeness (QED) is 0.787. The Kier molecular flexibility index (Phi) is 5.18. The first-order valence-electron chi connectivity index (χ1n) is 6.59. The minimum Gasteiger partial charge on any atom is -0.309 e. The van der Waals surface area contributed by atoms with Crippen LogP contribution in [0.2, 0.25) is 0 Å². The van der Waals surface area contributed by atoms with Crippen LogP contribution in [0.25, 0.3) is 0 Å². The second-order valence-corrected chi connectivity index (χ2v) is 5.65. The second kappa shape index (κ2) is 7.10. The first-order valence-corrected chi connectivity index (χ1v) is 7.58. The Morgan fingerprint density at radius 1 is 1.15 bits per heavy atom. The summed E-state index contributed by atoms with van der Waals surface area (Å²) < 4.78 is 0. The predicted octanol–water partition coefficient (Wildman–Crippen LogP) is 3.62. The zero-order valence-corrected chi connectivity index (χ0v) is 12.5. The van der Waals surface area contributed by atoms with Crippen LogP contribution in [0.4, 0.5) is 5.69 Å². The molecule has 0 aliphatic rings. The summed E-state index contributed by atoms with van der Waals surface area (Å²) in [6, 6.07) is 15.6. The number of nitrogens with zero attached hydrogens (tertiary/aromatic N) is 2. The van der Waals surface area contributed by atoms with Gasteiger partial charge < -0.3 is 4.90 Å². The van der Waals surface area contributed by atoms with Gasteiger partial charge in [-0.2, -0.15) is 0 Å². The fourth-order valence-corrected chi connectivity index (χ4v) is 2.68. The summed E-state index contributed by atoms with van der Waals surface area (Å²) in [6.45, 7) is 4.05. The Balaban J connectivity index is 2.05. The van der Waals surface area contributed by atoms with Crippen LogP contribution < -0.4 is 4.90 Å². The highest BCUT2D eigenvalue weighted by Crippen LogP contribution is 2.20. The Morgan fingerprint density at radius 3 is 2.45 bits per heavy atom. The molecule has 104 valence electrons. The molecule has 0 spiro atoms. The second-order valence-electron chi connectivity index (χ2n) is 4.65. The van der Waals surface area contributed by atoms with Gasteiger partial charge in [0, 0.05) is 17.9 Å². The largest absolute Gasteiger partial charge is 0.309 e. The average Bonchev–Trinajstić information content (AvgIpc) is 2.47. The molecule has 0 saturated carbocycles. The highest BCUT2D eigenvalue weighted by atomic mass is 32.2. The summed E-state index contributed by atoms with van der Waals surface area (Å²) in [6.07, 6.45) is 1.74. The van der Waals surface area contributed by atoms with Crippen molar-refractivity contribution in [2.24, 2.45) is 0 Å². The Bertz CT molecular complexity index is 543. The van der Waals surface area contributed by atoms with Crippen molar-refractivity contribution in [3.05, 3.63) is 54.7 Å². The Labute approximate surface area is 124 Å². The zero-order chi connectivity index (χ0) is 14.4. The van der Waals surface area contributed by atoms with Crippen molar-refractivity contribution in [1.82, 2.24) is 4.98 Å². The van der Waals surface area contributed by atoms with Crippen molar-refractivity contribution in [3.63, 3.8) is 0 Å². The molecule has 1 aromatic carbocycles. The minimum atomic E-state index is 0.0989. The minimum absolute atomic E-state index is 0.0989. The van der Waals surface area contributed by atoms with Gasteiger partial charge >= 0.3 is 0 Å². The van der Waals surface area contributed by atoms with Crippen molar-refractivity contribution in [1.29, 1.82) is 0 Å². The molecule has 0 saturated heterocycles. The number of anilines is 1. The van der Waals surface area contributed by atoms with Gasteiger partial charge in [-0.3, -0.25) is 4.79 Å². The maximum atomic E-state index is 12.4. The summed E-state index contributed by atoms with van der Waals surface area (Å²) in [5.74, 6) is 0.492. The van der Waals surface area contributed by atoms with E-state index >= 15 is 0 Å². The van der Waals surface area contributed by atoms with Crippen LogP contribution in [0.1, 0.15) is 13.8 Å². The summed E-state index contributed by atoms with van der Waals surface area (Å²) >= 11 is 1.47. The maximum absolute atomic E-state index is 12.4. The summed E-state index contributed by atoms with van der Waals surface area (Å²) in [7, 11) is 0. The van der Waals surface area contributed by atoms with Crippen molar-refractivity contribution in [2.45, 2.75) is 24.9 Å². The van der Waals surface area contributed by atoms with E-state index in [9.17, 15) is 4.79 Å². The van der Waals surface area contributed by atoms with Crippen LogP contribution in [0.5, 0.6) is 0 Å². The van der Waals surface area contributed by atoms with Gasteiger partial charge in [-0.25, -0.2) is 4.98 Å². The first-order chi connectivity index (χ1) is 9.68. The number of para-hydroxylation sites is 1. The van der Waals surface area contributed by atoms with Gasteiger partial charge in [-0.1, -0.05) is 36.0 Å². The monoisotopic (exact) mass is 286 g/mol. The lowest BCUT2D eigenvalue weighted by molar-refractivity contribution is -0.116. The molecule has 1 amide bonds. The van der Waals surface area contributed by atoms with Crippen LogP contribution in [-0.2, 0) is 4.79 Å². The van der Waals surface area contributed by atoms with E-state index in [1.54, 1.807) is 6.20 Å². The van der Waals surface area contributed by atoms with Gasteiger partial charge in [-0.05, 0) is 38.1 Å². The van der Waals surface area contributed by atoms with E-state index in [-0.39, 0.29) is 11.9 Å². The van der Waals surface area contributed by atoms with Crippen molar-refractivity contribution >= 4 is 23.4 Å². The molecule has 0 aliphatic heterocycles. The van der Waals surface area contributed by atoms with Gasteiger partial charge in [0.1, 0.15) is 0 Å². The lowest BCUT2D eigenvalue weighted by Crippen LogP contribution is -2.38. The van der Waals surface area contributed by atoms with Crippen molar-refractivity contribution < 1.29 is 4.79 Å². The molecule has 0 aliphatic carbocycles. The molecule has 0 unspecified atom stereocenters. The van der Waals surface area contributed by atoms with E-state index in [4.69, 9.17) is 0 Å². The third-order valence-corrected chi connectivity index (χ3v) is 3.73. The third kappa shape index (κ3) is 3.84. The topological polar surface area (TPSA) is 33.2 Å². The molecule has 2 aromatic rings. The van der Waals surface area contributed by atoms with Crippen molar-refractivity contribution in [3.8, 4) is 0 Å². The smallest absolute Gasteiger partial charge is 0.237 e. The van der Waals surface area contributed by atoms with Gasteiger partial charge in [0.05, 0.1) is 10.8 Å². The lowest BCUT2D eigenvalue weighted by atomic mass is 10.2. The standard InChI is InChI=1S/C16H18N2OS/c1-13(2)18(14-8-4-3-5-9-14)16(19)12-20-15-10-6-7-11-17-15/h3-11,13H,12H2,1-2H3. The molecular formula is C16H18N2OS. The van der Waals surface area contributed by atoms with Crippen molar-refractivity contribution in [2.75, 3.05) is 10.7 Å². The molecule has 1 aromatic heterocycles. The molecule has 0 bridgehead atoms. The Hall–Kier alpha value is -1.81. The molecule has 0 radical (unpaired) electrons. The summed E-state index contributed by atoms with van der Waals surface area (Å²) in [5.41, 5.74) is 0.939. The molecule has 3 nitrogen and oxygen atoms in total. The third-order valence-electron chi connectivity index (χ3n) is 2.80. The fourth-order valence-electron chi connectivity index (χ4n) is 1.96. The van der Waals surface area contributed by atoms with E-state index in [2.05, 4.69) is 4.98 Å². The lowest BCUT2D eigenvalue weighted by Gasteiger charge is -2.26. The van der Waals surface area contributed by atoms with Crippen LogP contribution in [-0.4, -0.2) is 22.7 Å². The molecule has 4 heteroatoms. The van der Waals surface area contributed by atoms with E-state index in [1.807, 2.05) is 67.3 Å². The number of carbonyl (C=O) groups is 1. The molecule has 1 heterocycles. The molecule has 0 atom stereocenters. The predicted molar refractivity (Wildman–Crippen MR) is 84.0 cm³/mol. The number of hydrogen-bond acceptors (Lipinski definition) is 3. The first kappa shape index (κ1) is 14.6. The highest BCUT2D eigenvalue weighted by molar-refractivity contribution is 7.99. The molecule has 2 rings (SSSR count). The molecule has 0 N–H and O–H groups in total. The number of rotatable bonds is 5. The normalized spacial score (nSPS) is 10.6. The highest BCUT2D eigenvalue weighted by Gasteiger charge is 2.18. The van der Waals surface area contributed by atoms with E-state index < -0.39 is 0 Å². The van der Waals surface area contributed by atoms with E-state index in [0.29, 0.717) is 5.75 Å². The van der Waals surface area contributed by atoms with Gasteiger partial charge in [-0.15, -0.1) is 0 Å². The maximum Gasteiger partial charge on any atom is 0.237 e.